The highest BCUT2D eigenvalue weighted by Crippen LogP contribution is 2.18. The van der Waals surface area contributed by atoms with Crippen LogP contribution in [-0.4, -0.2) is 14.1 Å². The number of fused-ring (bicyclic) bond motifs is 2. The lowest BCUT2D eigenvalue weighted by Crippen LogP contribution is -2.42. The Labute approximate surface area is 127 Å². The summed E-state index contributed by atoms with van der Waals surface area (Å²) < 4.78 is 2.90. The van der Waals surface area contributed by atoms with Crippen LogP contribution in [0.2, 0.25) is 0 Å². The van der Waals surface area contributed by atoms with Gasteiger partial charge in [0, 0.05) is 17.5 Å². The van der Waals surface area contributed by atoms with Gasteiger partial charge in [-0.1, -0.05) is 18.2 Å². The molecule has 0 aliphatic carbocycles. The molecule has 0 aliphatic rings. The summed E-state index contributed by atoms with van der Waals surface area (Å²) in [6, 6.07) is 9.18. The Morgan fingerprint density at radius 2 is 1.59 bits per heavy atom. The van der Waals surface area contributed by atoms with E-state index < -0.39 is 0 Å². The van der Waals surface area contributed by atoms with E-state index in [1.807, 2.05) is 58.0 Å². The van der Waals surface area contributed by atoms with Crippen molar-refractivity contribution < 1.29 is 0 Å². The first-order chi connectivity index (χ1) is 10.4. The van der Waals surface area contributed by atoms with Crippen LogP contribution in [-0.2, 0) is 0 Å². The van der Waals surface area contributed by atoms with Crippen LogP contribution in [0.25, 0.3) is 21.9 Å². The second-order valence-electron chi connectivity index (χ2n) is 6.07. The van der Waals surface area contributed by atoms with E-state index in [1.165, 1.54) is 4.57 Å². The molecule has 3 aromatic rings. The van der Waals surface area contributed by atoms with E-state index in [9.17, 15) is 9.59 Å². The first kappa shape index (κ1) is 14.5. The molecular formula is C17H19N3O2. The summed E-state index contributed by atoms with van der Waals surface area (Å²) >= 11 is 0. The number of benzene rings is 1. The second kappa shape index (κ2) is 5.09. The third-order valence-corrected chi connectivity index (χ3v) is 3.83. The van der Waals surface area contributed by atoms with Gasteiger partial charge < -0.3 is 0 Å². The molecule has 0 atom stereocenters. The van der Waals surface area contributed by atoms with E-state index in [0.717, 1.165) is 10.9 Å². The molecule has 0 bridgehead atoms. The standard InChI is InChI=1S/C17H19N3O2/c1-10(2)19-15-13(16(21)20(11(3)4)17(19)22)9-12-7-5-6-8-14(12)18-15/h5-11H,1-4H3. The monoisotopic (exact) mass is 297 g/mol. The average molecular weight is 297 g/mol. The van der Waals surface area contributed by atoms with Crippen molar-refractivity contribution in [2.45, 2.75) is 39.8 Å². The lowest BCUT2D eigenvalue weighted by atomic mass is 10.2. The van der Waals surface area contributed by atoms with Crippen molar-refractivity contribution in [1.82, 2.24) is 14.1 Å². The van der Waals surface area contributed by atoms with Crippen molar-refractivity contribution in [2.24, 2.45) is 0 Å². The molecule has 22 heavy (non-hydrogen) atoms. The predicted octanol–water partition coefficient (Wildman–Crippen LogP) is 2.87. The highest BCUT2D eigenvalue weighted by Gasteiger charge is 2.18. The van der Waals surface area contributed by atoms with Crippen molar-refractivity contribution in [2.75, 3.05) is 0 Å². The van der Waals surface area contributed by atoms with E-state index >= 15 is 0 Å². The minimum Gasteiger partial charge on any atom is -0.275 e. The highest BCUT2D eigenvalue weighted by molar-refractivity contribution is 5.90. The van der Waals surface area contributed by atoms with Crippen molar-refractivity contribution in [3.8, 4) is 0 Å². The fraction of sp³-hybridized carbons (Fsp3) is 0.353. The number of nitrogens with zero attached hydrogens (tertiary/aromatic N) is 3. The highest BCUT2D eigenvalue weighted by atomic mass is 16.2. The molecule has 0 fully saturated rings. The van der Waals surface area contributed by atoms with Gasteiger partial charge in [0.2, 0.25) is 0 Å². The average Bonchev–Trinajstić information content (AvgIpc) is 2.45. The summed E-state index contributed by atoms with van der Waals surface area (Å²) in [5, 5.41) is 1.39. The molecule has 5 heteroatoms. The number of aromatic nitrogens is 3. The summed E-state index contributed by atoms with van der Waals surface area (Å²) in [4.78, 5) is 30.0. The molecule has 0 radical (unpaired) electrons. The van der Waals surface area contributed by atoms with Gasteiger partial charge in [-0.15, -0.1) is 0 Å². The number of pyridine rings is 1. The van der Waals surface area contributed by atoms with Crippen molar-refractivity contribution in [3.63, 3.8) is 0 Å². The molecule has 5 nitrogen and oxygen atoms in total. The lowest BCUT2D eigenvalue weighted by molar-refractivity contribution is 0.487. The molecule has 3 rings (SSSR count). The van der Waals surface area contributed by atoms with Gasteiger partial charge in [0.25, 0.3) is 5.56 Å². The second-order valence-corrected chi connectivity index (χ2v) is 6.07. The van der Waals surface area contributed by atoms with Crippen LogP contribution in [0.4, 0.5) is 0 Å². The van der Waals surface area contributed by atoms with E-state index in [1.54, 1.807) is 4.57 Å². The molecule has 0 aliphatic heterocycles. The number of hydrogen-bond donors (Lipinski definition) is 0. The zero-order valence-corrected chi connectivity index (χ0v) is 13.2. The smallest absolute Gasteiger partial charge is 0.275 e. The maximum absolute atomic E-state index is 12.7. The Morgan fingerprint density at radius 3 is 2.23 bits per heavy atom. The normalized spacial score (nSPS) is 11.9. The molecule has 0 unspecified atom stereocenters. The van der Waals surface area contributed by atoms with Crippen molar-refractivity contribution >= 4 is 21.9 Å². The Kier molecular flexibility index (Phi) is 3.35. The van der Waals surface area contributed by atoms with Crippen LogP contribution in [0.1, 0.15) is 39.8 Å². The van der Waals surface area contributed by atoms with Gasteiger partial charge in [-0.25, -0.2) is 9.78 Å². The maximum atomic E-state index is 12.7. The fourth-order valence-corrected chi connectivity index (χ4v) is 2.79. The molecule has 2 heterocycles. The van der Waals surface area contributed by atoms with Crippen molar-refractivity contribution in [1.29, 1.82) is 0 Å². The minimum absolute atomic E-state index is 0.0748. The molecule has 0 saturated carbocycles. The zero-order valence-electron chi connectivity index (χ0n) is 13.2. The predicted molar refractivity (Wildman–Crippen MR) is 88.5 cm³/mol. The fourth-order valence-electron chi connectivity index (χ4n) is 2.79. The number of hydrogen-bond acceptors (Lipinski definition) is 3. The van der Waals surface area contributed by atoms with Gasteiger partial charge in [0.05, 0.1) is 10.9 Å². The molecule has 2 aromatic heterocycles. The SMILES string of the molecule is CC(C)n1c(=O)c2cc3ccccc3nc2n(C(C)C)c1=O. The minimum atomic E-state index is -0.301. The number of para-hydroxylation sites is 1. The van der Waals surface area contributed by atoms with Crippen LogP contribution in [0.3, 0.4) is 0 Å². The first-order valence-corrected chi connectivity index (χ1v) is 7.48. The molecule has 0 spiro atoms. The Hall–Kier alpha value is -2.43. The van der Waals surface area contributed by atoms with Gasteiger partial charge in [-0.2, -0.15) is 0 Å². The van der Waals surface area contributed by atoms with Crippen LogP contribution >= 0.6 is 0 Å². The largest absolute Gasteiger partial charge is 0.333 e. The molecule has 0 saturated heterocycles. The van der Waals surface area contributed by atoms with Gasteiger partial charge >= 0.3 is 5.69 Å². The van der Waals surface area contributed by atoms with Crippen LogP contribution < -0.4 is 11.2 Å². The van der Waals surface area contributed by atoms with E-state index in [2.05, 4.69) is 4.98 Å². The Morgan fingerprint density at radius 1 is 0.955 bits per heavy atom. The Balaban J connectivity index is 2.61. The molecule has 0 amide bonds. The van der Waals surface area contributed by atoms with Gasteiger partial charge in [0.1, 0.15) is 0 Å². The Bertz CT molecular complexity index is 981. The molecule has 1 aromatic carbocycles. The third-order valence-electron chi connectivity index (χ3n) is 3.83. The zero-order chi connectivity index (χ0) is 16.0. The van der Waals surface area contributed by atoms with Crippen LogP contribution in [0.15, 0.2) is 39.9 Å². The number of rotatable bonds is 2. The maximum Gasteiger partial charge on any atom is 0.333 e. The summed E-state index contributed by atoms with van der Waals surface area (Å²) in [7, 11) is 0. The molecular weight excluding hydrogens is 278 g/mol. The molecule has 0 N–H and O–H groups in total. The summed E-state index contributed by atoms with van der Waals surface area (Å²) in [5.74, 6) is 0. The van der Waals surface area contributed by atoms with Gasteiger partial charge in [-0.05, 0) is 39.8 Å². The quantitative estimate of drug-likeness (QED) is 0.683. The lowest BCUT2D eigenvalue weighted by Gasteiger charge is -2.18. The van der Waals surface area contributed by atoms with Gasteiger partial charge in [0.15, 0.2) is 5.65 Å². The van der Waals surface area contributed by atoms with Crippen molar-refractivity contribution in [3.05, 3.63) is 51.2 Å². The van der Waals surface area contributed by atoms with Crippen LogP contribution in [0.5, 0.6) is 0 Å². The van der Waals surface area contributed by atoms with E-state index in [4.69, 9.17) is 0 Å². The third kappa shape index (κ3) is 2.04. The summed E-state index contributed by atoms with van der Waals surface area (Å²) in [6.45, 7) is 7.53. The molecule has 114 valence electrons. The summed E-state index contributed by atoms with van der Waals surface area (Å²) in [5.41, 5.74) is 0.668. The van der Waals surface area contributed by atoms with E-state index in [0.29, 0.717) is 11.0 Å². The van der Waals surface area contributed by atoms with Gasteiger partial charge in [-0.3, -0.25) is 13.9 Å². The first-order valence-electron chi connectivity index (χ1n) is 7.48. The van der Waals surface area contributed by atoms with E-state index in [-0.39, 0.29) is 23.3 Å². The summed E-state index contributed by atoms with van der Waals surface area (Å²) in [6.07, 6.45) is 0. The topological polar surface area (TPSA) is 56.9 Å². The van der Waals surface area contributed by atoms with Crippen LogP contribution in [0, 0.1) is 0 Å².